The second kappa shape index (κ2) is 9.22. The van der Waals surface area contributed by atoms with Crippen molar-refractivity contribution in [3.63, 3.8) is 0 Å². The van der Waals surface area contributed by atoms with E-state index in [4.69, 9.17) is 4.74 Å². The molecule has 0 spiro atoms. The summed E-state index contributed by atoms with van der Waals surface area (Å²) >= 11 is 0. The molecule has 3 aromatic rings. The second-order valence-electron chi connectivity index (χ2n) is 7.10. The molecule has 2 unspecified atom stereocenters. The Labute approximate surface area is 181 Å². The van der Waals surface area contributed by atoms with Crippen LogP contribution in [0, 0.1) is 5.82 Å². The van der Waals surface area contributed by atoms with E-state index in [1.54, 1.807) is 57.9 Å². The van der Waals surface area contributed by atoms with E-state index in [2.05, 4.69) is 10.1 Å². The van der Waals surface area contributed by atoms with Crippen LogP contribution in [0.25, 0.3) is 11.1 Å². The number of carbonyl (C=O) groups is 1. The van der Waals surface area contributed by atoms with Gasteiger partial charge in [0.15, 0.2) is 0 Å². The summed E-state index contributed by atoms with van der Waals surface area (Å²) in [5.74, 6) is 0.370. The highest BCUT2D eigenvalue weighted by Crippen LogP contribution is 2.20. The van der Waals surface area contributed by atoms with Gasteiger partial charge in [0.25, 0.3) is 0 Å². The van der Waals surface area contributed by atoms with E-state index >= 15 is 0 Å². The number of nitrogens with zero attached hydrogens (tertiary/aromatic N) is 4. The van der Waals surface area contributed by atoms with Gasteiger partial charge in [-0.1, -0.05) is 18.2 Å². The molecule has 3 heterocycles. The third-order valence-corrected chi connectivity index (χ3v) is 6.11. The van der Waals surface area contributed by atoms with Crippen molar-refractivity contribution in [3.05, 3.63) is 77.9 Å². The highest BCUT2D eigenvalue weighted by Gasteiger charge is 2.27. The number of amides is 1. The summed E-state index contributed by atoms with van der Waals surface area (Å²) in [5, 5.41) is 5.90. The molecule has 0 fully saturated rings. The number of ether oxygens (including phenoxy) is 1. The van der Waals surface area contributed by atoms with Gasteiger partial charge < -0.3 is 9.64 Å². The summed E-state index contributed by atoms with van der Waals surface area (Å²) in [4.78, 5) is 19.0. The minimum Gasteiger partial charge on any atom is -0.481 e. The number of carbonyl (C=O) groups excluding carboxylic acids is 1. The summed E-state index contributed by atoms with van der Waals surface area (Å²) in [6.45, 7) is 0.358. The summed E-state index contributed by atoms with van der Waals surface area (Å²) in [7, 11) is 0.448. The Morgan fingerprint density at radius 1 is 1.29 bits per heavy atom. The van der Waals surface area contributed by atoms with E-state index < -0.39 is 10.8 Å². The maximum atomic E-state index is 13.2. The fourth-order valence-corrected chi connectivity index (χ4v) is 4.47. The number of aromatic nitrogens is 3. The summed E-state index contributed by atoms with van der Waals surface area (Å²) in [6, 6.07) is 9.43. The molecule has 7 nitrogen and oxygen atoms in total. The van der Waals surface area contributed by atoms with Gasteiger partial charge in [-0.2, -0.15) is 5.10 Å². The predicted octanol–water partition coefficient (Wildman–Crippen LogP) is 2.77. The van der Waals surface area contributed by atoms with Gasteiger partial charge >= 0.3 is 0 Å². The van der Waals surface area contributed by atoms with Gasteiger partial charge in [0.2, 0.25) is 11.8 Å². The third kappa shape index (κ3) is 5.05. The molecule has 1 aliphatic heterocycles. The lowest BCUT2D eigenvalue weighted by atomic mass is 10.1. The molecular weight excluding hydrogens is 419 g/mol. The van der Waals surface area contributed by atoms with Gasteiger partial charge in [-0.15, -0.1) is 0 Å². The number of halogens is 1. The maximum Gasteiger partial charge on any atom is 0.245 e. The molecule has 0 radical (unpaired) electrons. The minimum absolute atomic E-state index is 0.0282. The zero-order chi connectivity index (χ0) is 21.8. The van der Waals surface area contributed by atoms with E-state index in [0.29, 0.717) is 18.2 Å². The van der Waals surface area contributed by atoms with Crippen LogP contribution in [-0.4, -0.2) is 48.7 Å². The second-order valence-corrected chi connectivity index (χ2v) is 8.47. The van der Waals surface area contributed by atoms with Gasteiger partial charge in [0.05, 0.1) is 25.1 Å². The molecule has 2 atom stereocenters. The molecule has 2 aromatic heterocycles. The number of pyridine rings is 1. The Kier molecular flexibility index (Phi) is 6.22. The van der Waals surface area contributed by atoms with Crippen LogP contribution in [0.4, 0.5) is 4.39 Å². The lowest BCUT2D eigenvalue weighted by molar-refractivity contribution is -0.133. The van der Waals surface area contributed by atoms with E-state index in [9.17, 15) is 13.4 Å². The SMILES string of the molecule is COc1cc(CN(C(=O)Cn2cc(-c3ccc(F)cc3)cn2)C2C=CS(=O)C2)ccn1. The fourth-order valence-electron chi connectivity index (χ4n) is 3.37. The summed E-state index contributed by atoms with van der Waals surface area (Å²) in [5.41, 5.74) is 2.47. The number of methoxy groups -OCH3 is 1. The number of rotatable bonds is 7. The Morgan fingerprint density at radius 3 is 2.81 bits per heavy atom. The topological polar surface area (TPSA) is 77.3 Å². The van der Waals surface area contributed by atoms with E-state index in [0.717, 1.165) is 16.7 Å². The molecule has 0 saturated carbocycles. The van der Waals surface area contributed by atoms with Crippen LogP contribution in [0.3, 0.4) is 0 Å². The minimum atomic E-state index is -1.09. The largest absolute Gasteiger partial charge is 0.481 e. The number of benzene rings is 1. The van der Waals surface area contributed by atoms with Gasteiger partial charge in [-0.25, -0.2) is 9.37 Å². The predicted molar refractivity (Wildman–Crippen MR) is 115 cm³/mol. The van der Waals surface area contributed by atoms with Crippen LogP contribution < -0.4 is 4.74 Å². The quantitative estimate of drug-likeness (QED) is 0.565. The number of hydrogen-bond donors (Lipinski definition) is 0. The Bertz CT molecular complexity index is 1130. The van der Waals surface area contributed by atoms with E-state index in [1.807, 2.05) is 6.07 Å². The van der Waals surface area contributed by atoms with Crippen molar-refractivity contribution in [2.45, 2.75) is 19.1 Å². The van der Waals surface area contributed by atoms with Crippen molar-refractivity contribution in [1.29, 1.82) is 0 Å². The number of hydrogen-bond acceptors (Lipinski definition) is 5. The highest BCUT2D eigenvalue weighted by atomic mass is 32.2. The van der Waals surface area contributed by atoms with Crippen molar-refractivity contribution in [1.82, 2.24) is 19.7 Å². The molecule has 1 aliphatic rings. The van der Waals surface area contributed by atoms with Crippen LogP contribution in [0.2, 0.25) is 0 Å². The Balaban J connectivity index is 1.52. The molecule has 31 heavy (non-hydrogen) atoms. The molecule has 160 valence electrons. The lowest BCUT2D eigenvalue weighted by Crippen LogP contribution is -2.41. The van der Waals surface area contributed by atoms with Gasteiger partial charge in [0, 0.05) is 46.8 Å². The van der Waals surface area contributed by atoms with E-state index in [1.165, 1.54) is 19.2 Å². The van der Waals surface area contributed by atoms with Crippen LogP contribution in [0.5, 0.6) is 5.88 Å². The van der Waals surface area contributed by atoms with Crippen LogP contribution in [-0.2, 0) is 28.7 Å². The normalized spacial score (nSPS) is 17.6. The zero-order valence-electron chi connectivity index (χ0n) is 16.8. The molecule has 4 rings (SSSR count). The van der Waals surface area contributed by atoms with Gasteiger partial charge in [0.1, 0.15) is 12.4 Å². The molecule has 1 aromatic carbocycles. The Morgan fingerprint density at radius 2 is 2.10 bits per heavy atom. The van der Waals surface area contributed by atoms with Gasteiger partial charge in [-0.3, -0.25) is 13.7 Å². The van der Waals surface area contributed by atoms with Crippen LogP contribution >= 0.6 is 0 Å². The smallest absolute Gasteiger partial charge is 0.245 e. The van der Waals surface area contributed by atoms with Crippen molar-refractivity contribution in [2.75, 3.05) is 12.9 Å². The molecule has 0 aliphatic carbocycles. The summed E-state index contributed by atoms with van der Waals surface area (Å²) in [6.07, 6.45) is 6.83. The molecule has 9 heteroatoms. The van der Waals surface area contributed by atoms with Crippen LogP contribution in [0.1, 0.15) is 5.56 Å². The van der Waals surface area contributed by atoms with Gasteiger partial charge in [-0.05, 0) is 29.3 Å². The molecule has 0 N–H and O–H groups in total. The van der Waals surface area contributed by atoms with Crippen molar-refractivity contribution in [2.24, 2.45) is 0 Å². The first-order valence-electron chi connectivity index (χ1n) is 9.64. The standard InChI is InChI=1S/C22H21FN4O3S/c1-30-21-10-16(6-8-24-21)12-27(20-7-9-31(29)15-20)22(28)14-26-13-18(11-25-26)17-2-4-19(23)5-3-17/h2-11,13,20H,12,14-15H2,1H3. The van der Waals surface area contributed by atoms with Crippen molar-refractivity contribution < 1.29 is 18.1 Å². The average molecular weight is 441 g/mol. The first-order valence-corrected chi connectivity index (χ1v) is 11.0. The maximum absolute atomic E-state index is 13.2. The van der Waals surface area contributed by atoms with E-state index in [-0.39, 0.29) is 24.3 Å². The van der Waals surface area contributed by atoms with Crippen LogP contribution in [0.15, 0.2) is 66.5 Å². The first kappa shape index (κ1) is 20.9. The summed E-state index contributed by atoms with van der Waals surface area (Å²) < 4.78 is 31.8. The zero-order valence-corrected chi connectivity index (χ0v) is 17.7. The molecule has 0 bridgehead atoms. The first-order chi connectivity index (χ1) is 15.0. The lowest BCUT2D eigenvalue weighted by Gasteiger charge is -2.28. The van der Waals surface area contributed by atoms with Crippen molar-refractivity contribution >= 4 is 16.7 Å². The third-order valence-electron chi connectivity index (χ3n) is 4.98. The molecule has 0 saturated heterocycles. The fraction of sp³-hybridized carbons (Fsp3) is 0.227. The Hall–Kier alpha value is -3.33. The monoisotopic (exact) mass is 440 g/mol. The van der Waals surface area contributed by atoms with Crippen molar-refractivity contribution in [3.8, 4) is 17.0 Å². The molecular formula is C22H21FN4O3S. The molecule has 1 amide bonds. The average Bonchev–Trinajstić information content (AvgIpc) is 3.41. The highest BCUT2D eigenvalue weighted by molar-refractivity contribution is 7.88.